The fourth-order valence-corrected chi connectivity index (χ4v) is 5.86. The van der Waals surface area contributed by atoms with Gasteiger partial charge in [-0.1, -0.05) is 104 Å². The van der Waals surface area contributed by atoms with Crippen molar-refractivity contribution in [3.63, 3.8) is 0 Å². The summed E-state index contributed by atoms with van der Waals surface area (Å²) >= 11 is 4.40. The molecule has 0 radical (unpaired) electrons. The molecule has 0 aromatic heterocycles. The zero-order chi connectivity index (χ0) is 24.5. The van der Waals surface area contributed by atoms with Crippen LogP contribution in [-0.4, -0.2) is 16.4 Å². The monoisotopic (exact) mass is 686 g/mol. The molecule has 0 saturated heterocycles. The molecule has 0 aliphatic carbocycles. The molecule has 0 aliphatic heterocycles. The number of hydrogen-bond acceptors (Lipinski definition) is 3. The van der Waals surface area contributed by atoms with E-state index >= 15 is 0 Å². The first-order chi connectivity index (χ1) is 15.9. The van der Waals surface area contributed by atoms with Gasteiger partial charge in [-0.15, -0.1) is 0 Å². The Morgan fingerprint density at radius 2 is 1.06 bits per heavy atom. The van der Waals surface area contributed by atoms with E-state index in [0.29, 0.717) is 3.57 Å². The number of phenols is 1. The van der Waals surface area contributed by atoms with E-state index in [1.807, 2.05) is 0 Å². The van der Waals surface area contributed by atoms with Gasteiger partial charge in [-0.25, -0.2) is 4.79 Å². The summed E-state index contributed by atoms with van der Waals surface area (Å²) in [6.45, 7) is 4.48. The third-order valence-electron chi connectivity index (χ3n) is 6.27. The number of hydrogen-bond donors (Lipinski definition) is 2. The maximum Gasteiger partial charge on any atom is 0.511 e. The van der Waals surface area contributed by atoms with Gasteiger partial charge in [-0.3, -0.25) is 0 Å². The Balaban J connectivity index is 2.74. The normalized spacial score (nSPS) is 11.2. The standard InChI is InChI=1S/C27H44I2O4/c1-3-5-7-9-11-13-15-17-19-21-22(20-18-16-14-12-10-8-6-4-2)25(30)26(33-27(31)32)24(29)23(21)28/h30H,3-20H2,1-2H3,(H,31,32). The Hall–Kier alpha value is -0.250. The molecule has 6 heteroatoms. The second-order valence-electron chi connectivity index (χ2n) is 9.08. The molecule has 0 fully saturated rings. The van der Waals surface area contributed by atoms with Crippen molar-refractivity contribution in [3.8, 4) is 11.5 Å². The van der Waals surface area contributed by atoms with Crippen molar-refractivity contribution in [1.29, 1.82) is 0 Å². The van der Waals surface area contributed by atoms with E-state index in [4.69, 9.17) is 9.84 Å². The number of benzene rings is 1. The lowest BCUT2D eigenvalue weighted by Gasteiger charge is -2.18. The molecule has 0 heterocycles. The van der Waals surface area contributed by atoms with Crippen molar-refractivity contribution in [2.24, 2.45) is 0 Å². The lowest BCUT2D eigenvalue weighted by Crippen LogP contribution is -2.09. The Morgan fingerprint density at radius 1 is 0.667 bits per heavy atom. The molecule has 2 N–H and O–H groups in total. The third-order valence-corrected chi connectivity index (χ3v) is 9.52. The first kappa shape index (κ1) is 30.8. The van der Waals surface area contributed by atoms with Gasteiger partial charge in [0.25, 0.3) is 0 Å². The SMILES string of the molecule is CCCCCCCCCCc1c(O)c(OC(=O)O)c(I)c(I)c1CCCCCCCCCC. The molecule has 0 unspecified atom stereocenters. The summed E-state index contributed by atoms with van der Waals surface area (Å²) < 4.78 is 6.70. The molecule has 0 atom stereocenters. The maximum atomic E-state index is 11.2. The number of phenolic OH excluding ortho intramolecular Hbond substituents is 1. The van der Waals surface area contributed by atoms with Crippen LogP contribution in [-0.2, 0) is 12.8 Å². The lowest BCUT2D eigenvalue weighted by molar-refractivity contribution is 0.142. The minimum absolute atomic E-state index is 0.0275. The van der Waals surface area contributed by atoms with Crippen LogP contribution < -0.4 is 4.74 Å². The molecule has 1 rings (SSSR count). The Morgan fingerprint density at radius 3 is 1.48 bits per heavy atom. The Bertz CT molecular complexity index is 691. The first-order valence-corrected chi connectivity index (χ1v) is 15.2. The van der Waals surface area contributed by atoms with Crippen molar-refractivity contribution < 1.29 is 19.7 Å². The topological polar surface area (TPSA) is 66.8 Å². The molecule has 1 aromatic rings. The number of halogens is 2. The molecule has 0 spiro atoms. The summed E-state index contributed by atoms with van der Waals surface area (Å²) in [6, 6.07) is 0. The summed E-state index contributed by atoms with van der Waals surface area (Å²) in [5.41, 5.74) is 2.08. The maximum absolute atomic E-state index is 11.2. The molecule has 0 amide bonds. The summed E-state index contributed by atoms with van der Waals surface area (Å²) in [5, 5.41) is 20.1. The predicted molar refractivity (Wildman–Crippen MR) is 155 cm³/mol. The molecular weight excluding hydrogens is 642 g/mol. The molecule has 33 heavy (non-hydrogen) atoms. The molecule has 0 saturated carbocycles. The second kappa shape index (κ2) is 19.0. The van der Waals surface area contributed by atoms with Crippen LogP contribution >= 0.6 is 45.2 Å². The van der Waals surface area contributed by atoms with E-state index in [2.05, 4.69) is 59.0 Å². The van der Waals surface area contributed by atoms with E-state index in [1.54, 1.807) is 0 Å². The minimum atomic E-state index is -1.38. The van der Waals surface area contributed by atoms with Gasteiger partial charge in [0, 0.05) is 9.13 Å². The van der Waals surface area contributed by atoms with Crippen molar-refractivity contribution in [3.05, 3.63) is 18.3 Å². The van der Waals surface area contributed by atoms with Gasteiger partial charge in [-0.05, 0) is 76.4 Å². The molecule has 4 nitrogen and oxygen atoms in total. The van der Waals surface area contributed by atoms with Gasteiger partial charge in [0.1, 0.15) is 0 Å². The van der Waals surface area contributed by atoms with Gasteiger partial charge in [0.2, 0.25) is 0 Å². The highest BCUT2D eigenvalue weighted by molar-refractivity contribution is 14.1. The van der Waals surface area contributed by atoms with E-state index in [1.165, 1.54) is 89.0 Å². The van der Waals surface area contributed by atoms with Crippen LogP contribution in [0.25, 0.3) is 0 Å². The zero-order valence-electron chi connectivity index (χ0n) is 20.7. The van der Waals surface area contributed by atoms with E-state index in [9.17, 15) is 9.90 Å². The predicted octanol–water partition coefficient (Wildman–Crippen LogP) is 10.0. The molecule has 0 bridgehead atoms. The van der Waals surface area contributed by atoms with Crippen LogP contribution in [0.1, 0.15) is 128 Å². The Kier molecular flexibility index (Phi) is 17.7. The van der Waals surface area contributed by atoms with Crippen molar-refractivity contribution >= 4 is 51.3 Å². The van der Waals surface area contributed by atoms with Gasteiger partial charge >= 0.3 is 6.16 Å². The zero-order valence-corrected chi connectivity index (χ0v) is 25.0. The fraction of sp³-hybridized carbons (Fsp3) is 0.741. The van der Waals surface area contributed by atoms with Crippen LogP contribution in [0.15, 0.2) is 0 Å². The largest absolute Gasteiger partial charge is 0.511 e. The quantitative estimate of drug-likeness (QED) is 0.0658. The van der Waals surface area contributed by atoms with E-state index < -0.39 is 6.16 Å². The summed E-state index contributed by atoms with van der Waals surface area (Å²) in [6.07, 6.45) is 20.3. The number of carbonyl (C=O) groups is 1. The summed E-state index contributed by atoms with van der Waals surface area (Å²) in [4.78, 5) is 11.2. The molecular formula is C27H44I2O4. The molecule has 0 aliphatic rings. The second-order valence-corrected chi connectivity index (χ2v) is 11.2. The average Bonchev–Trinajstić information content (AvgIpc) is 2.79. The summed E-state index contributed by atoms with van der Waals surface area (Å²) in [7, 11) is 0. The lowest BCUT2D eigenvalue weighted by atomic mass is 9.95. The van der Waals surface area contributed by atoms with E-state index in [0.717, 1.165) is 41.2 Å². The highest BCUT2D eigenvalue weighted by Gasteiger charge is 2.23. The fourth-order valence-electron chi connectivity index (χ4n) is 4.33. The number of rotatable bonds is 19. The van der Waals surface area contributed by atoms with Crippen LogP contribution in [0.4, 0.5) is 4.79 Å². The molecule has 190 valence electrons. The van der Waals surface area contributed by atoms with E-state index in [-0.39, 0.29) is 11.5 Å². The smallest absolute Gasteiger partial charge is 0.504 e. The van der Waals surface area contributed by atoms with Crippen molar-refractivity contribution in [1.82, 2.24) is 0 Å². The number of aromatic hydroxyl groups is 1. The van der Waals surface area contributed by atoms with Crippen molar-refractivity contribution in [2.75, 3.05) is 0 Å². The van der Waals surface area contributed by atoms with Gasteiger partial charge in [-0.2, -0.15) is 0 Å². The first-order valence-electron chi connectivity index (χ1n) is 13.1. The van der Waals surface area contributed by atoms with Crippen LogP contribution in [0.5, 0.6) is 11.5 Å². The van der Waals surface area contributed by atoms with Gasteiger partial charge < -0.3 is 14.9 Å². The van der Waals surface area contributed by atoms with Crippen LogP contribution in [0.2, 0.25) is 0 Å². The van der Waals surface area contributed by atoms with Gasteiger partial charge in [0.15, 0.2) is 11.5 Å². The van der Waals surface area contributed by atoms with Crippen LogP contribution in [0.3, 0.4) is 0 Å². The number of carboxylic acid groups (broad SMARTS) is 1. The van der Waals surface area contributed by atoms with Crippen molar-refractivity contribution in [2.45, 2.75) is 129 Å². The highest BCUT2D eigenvalue weighted by atomic mass is 127. The minimum Gasteiger partial charge on any atom is -0.504 e. The number of unbranched alkanes of at least 4 members (excludes halogenated alkanes) is 14. The number of ether oxygens (including phenoxy) is 1. The average molecular weight is 686 g/mol. The van der Waals surface area contributed by atoms with Crippen LogP contribution in [0, 0.1) is 7.14 Å². The summed E-state index contributed by atoms with van der Waals surface area (Å²) in [5.74, 6) is 0.126. The highest BCUT2D eigenvalue weighted by Crippen LogP contribution is 2.42. The third kappa shape index (κ3) is 12.3. The molecule has 1 aromatic carbocycles. The Labute approximate surface area is 228 Å². The van der Waals surface area contributed by atoms with Gasteiger partial charge in [0.05, 0.1) is 3.57 Å².